The number of hydrogen-bond donors (Lipinski definition) is 1. The van der Waals surface area contributed by atoms with Crippen LogP contribution >= 0.6 is 0 Å². The van der Waals surface area contributed by atoms with Crippen molar-refractivity contribution in [1.82, 2.24) is 10.3 Å². The minimum atomic E-state index is 0.235. The predicted molar refractivity (Wildman–Crippen MR) is 73.6 cm³/mol. The van der Waals surface area contributed by atoms with Gasteiger partial charge in [-0.2, -0.15) is 0 Å². The third-order valence-electron chi connectivity index (χ3n) is 2.86. The van der Waals surface area contributed by atoms with Crippen molar-refractivity contribution in [1.29, 1.82) is 0 Å². The first-order valence-corrected chi connectivity index (χ1v) is 6.36. The van der Waals surface area contributed by atoms with Crippen LogP contribution in [0.2, 0.25) is 0 Å². The van der Waals surface area contributed by atoms with Crippen molar-refractivity contribution in [3.8, 4) is 0 Å². The van der Waals surface area contributed by atoms with Gasteiger partial charge in [0.05, 0.1) is 5.52 Å². The first-order valence-electron chi connectivity index (χ1n) is 6.36. The van der Waals surface area contributed by atoms with Crippen LogP contribution in [0, 0.1) is 0 Å². The number of rotatable bonds is 6. The van der Waals surface area contributed by atoms with Crippen molar-refractivity contribution in [3.63, 3.8) is 0 Å². The fraction of sp³-hybridized carbons (Fsp3) is 0.333. The molecule has 0 amide bonds. The van der Waals surface area contributed by atoms with Crippen LogP contribution in [0.25, 0.3) is 10.9 Å². The molecule has 3 heteroatoms. The zero-order valence-corrected chi connectivity index (χ0v) is 10.6. The van der Waals surface area contributed by atoms with E-state index in [0.717, 1.165) is 29.7 Å². The Morgan fingerprint density at radius 1 is 1.22 bits per heavy atom. The summed E-state index contributed by atoms with van der Waals surface area (Å²) in [4.78, 5) is 16.2. The number of hydrogen-bond acceptors (Lipinski definition) is 3. The summed E-state index contributed by atoms with van der Waals surface area (Å²) in [5.74, 6) is 0.235. The lowest BCUT2D eigenvalue weighted by Crippen LogP contribution is -2.18. The van der Waals surface area contributed by atoms with Crippen LogP contribution in [-0.4, -0.2) is 23.9 Å². The number of pyridine rings is 1. The van der Waals surface area contributed by atoms with Gasteiger partial charge < -0.3 is 5.32 Å². The van der Waals surface area contributed by atoms with Crippen molar-refractivity contribution in [2.45, 2.75) is 19.8 Å². The van der Waals surface area contributed by atoms with Gasteiger partial charge in [0.15, 0.2) is 0 Å². The maximum Gasteiger partial charge on any atom is 0.140 e. The zero-order chi connectivity index (χ0) is 12.8. The number of aromatic nitrogens is 1. The number of fused-ring (bicyclic) bond motifs is 1. The molecule has 0 saturated carbocycles. The number of nitrogens with one attached hydrogen (secondary N) is 1. The number of benzene rings is 1. The lowest BCUT2D eigenvalue weighted by molar-refractivity contribution is -0.118. The lowest BCUT2D eigenvalue weighted by atomic mass is 10.1. The molecule has 94 valence electrons. The van der Waals surface area contributed by atoms with Gasteiger partial charge in [0.25, 0.3) is 0 Å². The van der Waals surface area contributed by atoms with Crippen molar-refractivity contribution < 1.29 is 4.79 Å². The molecule has 1 aromatic heterocycles. The van der Waals surface area contributed by atoms with E-state index in [1.807, 2.05) is 43.3 Å². The highest BCUT2D eigenvalue weighted by Gasteiger charge is 2.05. The molecular formula is C15H18N2O. The Hall–Kier alpha value is -1.74. The number of nitrogens with zero attached hydrogens (tertiary/aromatic N) is 1. The molecule has 2 rings (SSSR count). The third kappa shape index (κ3) is 3.37. The van der Waals surface area contributed by atoms with E-state index >= 15 is 0 Å². The van der Waals surface area contributed by atoms with Gasteiger partial charge in [0.1, 0.15) is 5.78 Å². The molecule has 0 bridgehead atoms. The summed E-state index contributed by atoms with van der Waals surface area (Å²) in [6.07, 6.45) is 0.999. The van der Waals surface area contributed by atoms with Gasteiger partial charge in [-0.1, -0.05) is 31.2 Å². The molecule has 0 radical (unpaired) electrons. The van der Waals surface area contributed by atoms with Gasteiger partial charge in [-0.3, -0.25) is 9.78 Å². The Labute approximate surface area is 107 Å². The molecule has 0 fully saturated rings. The standard InChI is InChI=1S/C15H18N2O/c1-2-16-10-9-14(18)11-13-8-7-12-5-3-4-6-15(12)17-13/h3-8,16H,2,9-11H2,1H3. The van der Waals surface area contributed by atoms with E-state index < -0.39 is 0 Å². The van der Waals surface area contributed by atoms with E-state index in [0.29, 0.717) is 12.8 Å². The fourth-order valence-electron chi connectivity index (χ4n) is 1.90. The molecule has 1 heterocycles. The van der Waals surface area contributed by atoms with Crippen LogP contribution in [0.4, 0.5) is 0 Å². The highest BCUT2D eigenvalue weighted by atomic mass is 16.1. The number of carbonyl (C=O) groups is 1. The zero-order valence-electron chi connectivity index (χ0n) is 10.6. The van der Waals surface area contributed by atoms with Crippen molar-refractivity contribution >= 4 is 16.7 Å². The van der Waals surface area contributed by atoms with Crippen molar-refractivity contribution in [2.75, 3.05) is 13.1 Å². The molecule has 1 N–H and O–H groups in total. The molecule has 0 aliphatic heterocycles. The third-order valence-corrected chi connectivity index (χ3v) is 2.86. The second-order valence-corrected chi connectivity index (χ2v) is 4.31. The van der Waals surface area contributed by atoms with Crippen LogP contribution in [0.1, 0.15) is 19.0 Å². The highest BCUT2D eigenvalue weighted by molar-refractivity contribution is 5.82. The van der Waals surface area contributed by atoms with E-state index in [9.17, 15) is 4.79 Å². The number of ketones is 1. The largest absolute Gasteiger partial charge is 0.317 e. The Kier molecular flexibility index (Phi) is 4.42. The van der Waals surface area contributed by atoms with E-state index in [1.54, 1.807) is 0 Å². The average Bonchev–Trinajstić information content (AvgIpc) is 2.39. The molecule has 0 atom stereocenters. The number of para-hydroxylation sites is 1. The maximum atomic E-state index is 11.7. The summed E-state index contributed by atoms with van der Waals surface area (Å²) in [5.41, 5.74) is 1.81. The predicted octanol–water partition coefficient (Wildman–Crippen LogP) is 2.35. The quantitative estimate of drug-likeness (QED) is 0.791. The average molecular weight is 242 g/mol. The highest BCUT2D eigenvalue weighted by Crippen LogP contribution is 2.12. The summed E-state index contributed by atoms with van der Waals surface area (Å²) in [6, 6.07) is 11.9. The molecule has 0 aliphatic carbocycles. The van der Waals surface area contributed by atoms with E-state index in [4.69, 9.17) is 0 Å². The van der Waals surface area contributed by atoms with Crippen LogP contribution in [0.3, 0.4) is 0 Å². The van der Waals surface area contributed by atoms with E-state index in [1.165, 1.54) is 0 Å². The number of Topliss-reactive ketones (excluding diaryl/α,β-unsaturated/α-hetero) is 1. The Balaban J connectivity index is 2.01. The summed E-state index contributed by atoms with van der Waals surface area (Å²) < 4.78 is 0. The van der Waals surface area contributed by atoms with Crippen LogP contribution < -0.4 is 5.32 Å². The lowest BCUT2D eigenvalue weighted by Gasteiger charge is -2.03. The monoisotopic (exact) mass is 242 g/mol. The Bertz CT molecular complexity index is 537. The summed E-state index contributed by atoms with van der Waals surface area (Å²) >= 11 is 0. The van der Waals surface area contributed by atoms with Gasteiger partial charge in [0.2, 0.25) is 0 Å². The van der Waals surface area contributed by atoms with Gasteiger partial charge in [0, 0.05) is 30.5 Å². The molecule has 0 saturated heterocycles. The maximum absolute atomic E-state index is 11.7. The Morgan fingerprint density at radius 2 is 2.06 bits per heavy atom. The van der Waals surface area contributed by atoms with Crippen molar-refractivity contribution in [2.24, 2.45) is 0 Å². The second kappa shape index (κ2) is 6.26. The van der Waals surface area contributed by atoms with Crippen LogP contribution in [0.15, 0.2) is 36.4 Å². The fourth-order valence-corrected chi connectivity index (χ4v) is 1.90. The molecule has 1 aromatic carbocycles. The molecular weight excluding hydrogens is 224 g/mol. The minimum Gasteiger partial charge on any atom is -0.317 e. The summed E-state index contributed by atoms with van der Waals surface area (Å²) in [5, 5.41) is 4.27. The van der Waals surface area contributed by atoms with Crippen LogP contribution in [0.5, 0.6) is 0 Å². The van der Waals surface area contributed by atoms with Crippen LogP contribution in [-0.2, 0) is 11.2 Å². The van der Waals surface area contributed by atoms with Gasteiger partial charge in [-0.05, 0) is 18.7 Å². The van der Waals surface area contributed by atoms with Gasteiger partial charge in [-0.25, -0.2) is 0 Å². The van der Waals surface area contributed by atoms with E-state index in [-0.39, 0.29) is 5.78 Å². The molecule has 18 heavy (non-hydrogen) atoms. The second-order valence-electron chi connectivity index (χ2n) is 4.31. The molecule has 3 nitrogen and oxygen atoms in total. The first-order chi connectivity index (χ1) is 8.79. The first kappa shape index (κ1) is 12.7. The minimum absolute atomic E-state index is 0.235. The molecule has 0 spiro atoms. The van der Waals surface area contributed by atoms with Gasteiger partial charge >= 0.3 is 0 Å². The Morgan fingerprint density at radius 3 is 2.89 bits per heavy atom. The summed E-state index contributed by atoms with van der Waals surface area (Å²) in [6.45, 7) is 3.69. The smallest absolute Gasteiger partial charge is 0.140 e. The van der Waals surface area contributed by atoms with Crippen molar-refractivity contribution in [3.05, 3.63) is 42.1 Å². The molecule has 2 aromatic rings. The van der Waals surface area contributed by atoms with Gasteiger partial charge in [-0.15, -0.1) is 0 Å². The summed E-state index contributed by atoms with van der Waals surface area (Å²) in [7, 11) is 0. The topological polar surface area (TPSA) is 42.0 Å². The molecule has 0 unspecified atom stereocenters. The number of carbonyl (C=O) groups excluding carboxylic acids is 1. The molecule has 0 aliphatic rings. The van der Waals surface area contributed by atoms with E-state index in [2.05, 4.69) is 10.3 Å². The SMILES string of the molecule is CCNCCC(=O)Cc1ccc2ccccc2n1. The normalized spacial score (nSPS) is 10.7.